The van der Waals surface area contributed by atoms with Gasteiger partial charge in [0.15, 0.2) is 0 Å². The first kappa shape index (κ1) is 13.1. The third kappa shape index (κ3) is 1.75. The number of aromatic nitrogens is 1. The lowest BCUT2D eigenvalue weighted by molar-refractivity contribution is 0.545. The Morgan fingerprint density at radius 1 is 1.26 bits per heavy atom. The number of H-pyrrole nitrogens is 1. The Kier molecular flexibility index (Phi) is 2.62. The van der Waals surface area contributed by atoms with Crippen molar-refractivity contribution in [3.05, 3.63) is 27.9 Å². The molecule has 1 aliphatic heterocycles. The highest BCUT2D eigenvalue weighted by Crippen LogP contribution is 2.42. The molecular formula is C12H12Cl2N2O2S. The lowest BCUT2D eigenvalue weighted by Gasteiger charge is -2.32. The number of nitrogens with one attached hydrogen (secondary N) is 2. The number of hydrogen-bond acceptors (Lipinski definition) is 2. The number of aromatic amines is 1. The minimum Gasteiger partial charge on any atom is -0.358 e. The van der Waals surface area contributed by atoms with E-state index >= 15 is 0 Å². The average Bonchev–Trinajstić information content (AvgIpc) is 2.64. The van der Waals surface area contributed by atoms with Crippen LogP contribution in [0.5, 0.6) is 0 Å². The second kappa shape index (κ2) is 3.81. The Morgan fingerprint density at radius 2 is 1.95 bits per heavy atom. The van der Waals surface area contributed by atoms with E-state index in [9.17, 15) is 8.42 Å². The maximum absolute atomic E-state index is 12.2. The summed E-state index contributed by atoms with van der Waals surface area (Å²) in [5.74, 6) is 0. The van der Waals surface area contributed by atoms with Gasteiger partial charge in [0.1, 0.15) is 0 Å². The molecule has 2 aromatic rings. The van der Waals surface area contributed by atoms with Crippen molar-refractivity contribution in [1.82, 2.24) is 4.98 Å². The average molecular weight is 319 g/mol. The summed E-state index contributed by atoms with van der Waals surface area (Å²) in [5.41, 5.74) is 2.05. The van der Waals surface area contributed by atoms with E-state index in [1.807, 2.05) is 0 Å². The van der Waals surface area contributed by atoms with Gasteiger partial charge in [-0.2, -0.15) is 0 Å². The standard InChI is InChI=1S/C12H12Cl2N2O2S/c1-12(2)4-6-3-7(13)9-8(14)5-15-11(9)10(6)16-19(12,17)18/h3,5,15-16H,4H2,1-2H3. The third-order valence-corrected chi connectivity index (χ3v) is 6.19. The van der Waals surface area contributed by atoms with Crippen molar-refractivity contribution >= 4 is 49.8 Å². The number of anilines is 1. The van der Waals surface area contributed by atoms with Gasteiger partial charge in [0.25, 0.3) is 0 Å². The molecule has 2 heterocycles. The van der Waals surface area contributed by atoms with E-state index in [1.165, 1.54) is 0 Å². The molecule has 19 heavy (non-hydrogen) atoms. The Labute approximate surface area is 121 Å². The van der Waals surface area contributed by atoms with Gasteiger partial charge in [0, 0.05) is 11.6 Å². The molecule has 1 aromatic carbocycles. The lowest BCUT2D eigenvalue weighted by Crippen LogP contribution is -2.42. The van der Waals surface area contributed by atoms with Crippen molar-refractivity contribution in [1.29, 1.82) is 0 Å². The molecule has 0 unspecified atom stereocenters. The van der Waals surface area contributed by atoms with Crippen LogP contribution < -0.4 is 4.72 Å². The minimum atomic E-state index is -3.43. The summed E-state index contributed by atoms with van der Waals surface area (Å²) in [5, 5.41) is 1.65. The summed E-state index contributed by atoms with van der Waals surface area (Å²) in [6.45, 7) is 3.39. The van der Waals surface area contributed by atoms with Crippen LogP contribution in [0.4, 0.5) is 5.69 Å². The van der Waals surface area contributed by atoms with Gasteiger partial charge in [-0.15, -0.1) is 0 Å². The van der Waals surface area contributed by atoms with E-state index in [4.69, 9.17) is 23.2 Å². The van der Waals surface area contributed by atoms with Gasteiger partial charge in [-0.3, -0.25) is 4.72 Å². The van der Waals surface area contributed by atoms with E-state index in [1.54, 1.807) is 26.1 Å². The maximum atomic E-state index is 12.2. The summed E-state index contributed by atoms with van der Waals surface area (Å²) in [6.07, 6.45) is 2.01. The minimum absolute atomic E-state index is 0.407. The highest BCUT2D eigenvalue weighted by Gasteiger charge is 2.40. The summed E-state index contributed by atoms with van der Waals surface area (Å²) >= 11 is 12.3. The zero-order chi connectivity index (χ0) is 14.0. The van der Waals surface area contributed by atoms with Crippen LogP contribution >= 0.6 is 23.2 Å². The Balaban J connectivity index is 2.37. The third-order valence-electron chi connectivity index (χ3n) is 3.52. The predicted molar refractivity (Wildman–Crippen MR) is 78.6 cm³/mol. The Bertz CT molecular complexity index is 794. The van der Waals surface area contributed by atoms with Crippen LogP contribution in [0.1, 0.15) is 19.4 Å². The number of benzene rings is 1. The molecule has 0 atom stereocenters. The van der Waals surface area contributed by atoms with Gasteiger partial charge < -0.3 is 4.98 Å². The topological polar surface area (TPSA) is 62.0 Å². The van der Waals surface area contributed by atoms with E-state index < -0.39 is 14.8 Å². The number of hydrogen-bond donors (Lipinski definition) is 2. The SMILES string of the molecule is CC1(C)Cc2cc(Cl)c3c(Cl)c[nH]c3c2NS1(=O)=O. The smallest absolute Gasteiger partial charge is 0.238 e. The van der Waals surface area contributed by atoms with Crippen molar-refractivity contribution in [3.63, 3.8) is 0 Å². The molecule has 0 amide bonds. The summed E-state index contributed by atoms with van der Waals surface area (Å²) < 4.78 is 26.2. The normalized spacial score (nSPS) is 20.0. The molecule has 1 aromatic heterocycles. The van der Waals surface area contributed by atoms with Crippen molar-refractivity contribution in [2.24, 2.45) is 0 Å². The van der Waals surface area contributed by atoms with Crippen molar-refractivity contribution < 1.29 is 8.42 Å². The van der Waals surface area contributed by atoms with Crippen LogP contribution in [-0.4, -0.2) is 18.1 Å². The van der Waals surface area contributed by atoms with Gasteiger partial charge in [0.2, 0.25) is 10.0 Å². The van der Waals surface area contributed by atoms with Crippen LogP contribution in [0.15, 0.2) is 12.3 Å². The van der Waals surface area contributed by atoms with Gasteiger partial charge in [-0.05, 0) is 31.9 Å². The molecule has 0 spiro atoms. The molecule has 4 nitrogen and oxygen atoms in total. The molecule has 3 rings (SSSR count). The lowest BCUT2D eigenvalue weighted by atomic mass is 9.99. The monoisotopic (exact) mass is 318 g/mol. The van der Waals surface area contributed by atoms with Crippen LogP contribution in [0.3, 0.4) is 0 Å². The largest absolute Gasteiger partial charge is 0.358 e. The van der Waals surface area contributed by atoms with Crippen molar-refractivity contribution in [2.75, 3.05) is 4.72 Å². The van der Waals surface area contributed by atoms with Crippen molar-refractivity contribution in [3.8, 4) is 0 Å². The second-order valence-electron chi connectivity index (χ2n) is 5.32. The van der Waals surface area contributed by atoms with E-state index in [0.717, 1.165) is 5.56 Å². The van der Waals surface area contributed by atoms with Crippen LogP contribution in [-0.2, 0) is 16.4 Å². The number of fused-ring (bicyclic) bond motifs is 3. The first-order valence-corrected chi connectivity index (χ1v) is 7.97. The maximum Gasteiger partial charge on any atom is 0.238 e. The second-order valence-corrected chi connectivity index (χ2v) is 8.45. The number of halogens is 2. The Morgan fingerprint density at radius 3 is 2.63 bits per heavy atom. The van der Waals surface area contributed by atoms with Crippen LogP contribution in [0, 0.1) is 0 Å². The van der Waals surface area contributed by atoms with Crippen molar-refractivity contribution in [2.45, 2.75) is 25.0 Å². The quantitative estimate of drug-likeness (QED) is 0.780. The molecule has 0 aliphatic carbocycles. The molecule has 102 valence electrons. The molecule has 0 bridgehead atoms. The fourth-order valence-electron chi connectivity index (χ4n) is 2.37. The molecule has 2 N–H and O–H groups in total. The number of rotatable bonds is 0. The highest BCUT2D eigenvalue weighted by atomic mass is 35.5. The van der Waals surface area contributed by atoms with Gasteiger partial charge in [-0.25, -0.2) is 8.42 Å². The van der Waals surface area contributed by atoms with E-state index in [-0.39, 0.29) is 0 Å². The molecule has 7 heteroatoms. The predicted octanol–water partition coefficient (Wildman–Crippen LogP) is 3.55. The Hall–Kier alpha value is -0.910. The van der Waals surface area contributed by atoms with Crippen LogP contribution in [0.2, 0.25) is 10.0 Å². The summed E-state index contributed by atoms with van der Waals surface area (Å²) in [7, 11) is -3.43. The molecule has 0 saturated carbocycles. The number of sulfonamides is 1. The fourth-order valence-corrected chi connectivity index (χ4v) is 4.12. The molecule has 0 fully saturated rings. The first-order valence-electron chi connectivity index (χ1n) is 5.73. The van der Waals surface area contributed by atoms with Gasteiger partial charge in [-0.1, -0.05) is 23.2 Å². The molecule has 0 saturated heterocycles. The zero-order valence-electron chi connectivity index (χ0n) is 10.3. The molecule has 0 radical (unpaired) electrons. The van der Waals surface area contributed by atoms with Gasteiger partial charge in [0.05, 0.1) is 26.0 Å². The van der Waals surface area contributed by atoms with E-state index in [2.05, 4.69) is 9.71 Å². The van der Waals surface area contributed by atoms with Gasteiger partial charge >= 0.3 is 0 Å². The fraction of sp³-hybridized carbons (Fsp3) is 0.333. The summed E-state index contributed by atoms with van der Waals surface area (Å²) in [6, 6.07) is 1.78. The van der Waals surface area contributed by atoms with E-state index in [0.29, 0.717) is 33.1 Å². The van der Waals surface area contributed by atoms with Crippen LogP contribution in [0.25, 0.3) is 10.9 Å². The highest BCUT2D eigenvalue weighted by molar-refractivity contribution is 7.94. The molecule has 1 aliphatic rings. The zero-order valence-corrected chi connectivity index (χ0v) is 12.7. The first-order chi connectivity index (χ1) is 8.73. The molecular weight excluding hydrogens is 307 g/mol. The summed E-state index contributed by atoms with van der Waals surface area (Å²) in [4.78, 5) is 2.98.